The van der Waals surface area contributed by atoms with Crippen molar-refractivity contribution in [2.24, 2.45) is 10.8 Å². The number of aliphatic hydroxyl groups excluding tert-OH is 1. The smallest absolute Gasteiger partial charge is 0.396 e. The molecule has 30 heavy (non-hydrogen) atoms. The van der Waals surface area contributed by atoms with E-state index in [9.17, 15) is 4.57 Å². The molecule has 0 atom stereocenters. The number of unbranched alkanes of at least 4 members (excludes halogenated alkanes) is 5. The van der Waals surface area contributed by atoms with E-state index in [4.69, 9.17) is 19.6 Å². The van der Waals surface area contributed by atoms with Gasteiger partial charge in [0.05, 0.1) is 6.61 Å². The predicted octanol–water partition coefficient (Wildman–Crippen LogP) is 6.23. The van der Waals surface area contributed by atoms with Gasteiger partial charge in [0, 0.05) is 19.8 Å². The number of aliphatic hydroxyl groups is 1. The quantitative estimate of drug-likeness (QED) is 0.141. The molecule has 0 aliphatic rings. The zero-order chi connectivity index (χ0) is 22.9. The van der Waals surface area contributed by atoms with Crippen LogP contribution in [0.2, 0.25) is 0 Å². The second-order valence-electron chi connectivity index (χ2n) is 10.2. The summed E-state index contributed by atoms with van der Waals surface area (Å²) in [5.41, 5.74) is 0.633. The fourth-order valence-electron chi connectivity index (χ4n) is 3.75. The predicted molar refractivity (Wildman–Crippen MR) is 123 cm³/mol. The minimum atomic E-state index is -4.32. The van der Waals surface area contributed by atoms with Gasteiger partial charge in [0.25, 0.3) is 0 Å². The number of hydrogen-bond acceptors (Lipinski definition) is 4. The molecule has 0 saturated carbocycles. The van der Waals surface area contributed by atoms with Gasteiger partial charge in [-0.15, -0.1) is 0 Å². The van der Waals surface area contributed by atoms with E-state index in [1.807, 2.05) is 0 Å². The van der Waals surface area contributed by atoms with Crippen LogP contribution >= 0.6 is 7.82 Å². The molecule has 0 spiro atoms. The van der Waals surface area contributed by atoms with Crippen LogP contribution in [0.3, 0.4) is 0 Å². The van der Waals surface area contributed by atoms with Crippen LogP contribution in [0.4, 0.5) is 0 Å². The van der Waals surface area contributed by atoms with Gasteiger partial charge in [0.15, 0.2) is 0 Å². The highest BCUT2D eigenvalue weighted by atomic mass is 31.2. The first kappa shape index (κ1) is 30.0. The molecule has 0 rings (SSSR count). The highest BCUT2D eigenvalue weighted by molar-refractivity contribution is 7.46. The molecule has 0 amide bonds. The Labute approximate surface area is 185 Å². The maximum absolute atomic E-state index is 10.6. The molecule has 0 aromatic carbocycles. The molecular weight excluding hydrogens is 403 g/mol. The Morgan fingerprint density at radius 1 is 0.633 bits per heavy atom. The molecule has 0 fully saturated rings. The number of hydrogen-bond donors (Lipinski definition) is 3. The van der Waals surface area contributed by atoms with E-state index in [0.29, 0.717) is 18.4 Å². The number of ether oxygens (including phenoxy) is 1. The zero-order valence-corrected chi connectivity index (χ0v) is 20.9. The summed E-state index contributed by atoms with van der Waals surface area (Å²) in [7, 11) is -4.32. The van der Waals surface area contributed by atoms with Crippen LogP contribution in [0.15, 0.2) is 0 Å². The lowest BCUT2D eigenvalue weighted by Crippen LogP contribution is -2.12. The van der Waals surface area contributed by atoms with Crippen molar-refractivity contribution in [3.05, 3.63) is 0 Å². The number of phosphoric ester groups is 1. The highest BCUT2D eigenvalue weighted by Gasteiger charge is 2.18. The third-order valence-corrected chi connectivity index (χ3v) is 6.32. The standard InChI is InChI=1S/C23H49O6P/c1-22(2,14-6-5-10-18-24)15-7-11-19-28-20-12-8-16-23(3,4)17-9-13-21-29-30(25,26)27/h24H,5-21H2,1-4H3,(H2,25,26,27). The SMILES string of the molecule is CC(C)(CCCCCO)CCCCOCCCCC(C)(C)CCCCOP(=O)(O)O. The van der Waals surface area contributed by atoms with Crippen LogP contribution in [0.5, 0.6) is 0 Å². The van der Waals surface area contributed by atoms with Crippen LogP contribution in [-0.2, 0) is 13.8 Å². The Hall–Kier alpha value is 0.0300. The van der Waals surface area contributed by atoms with Crippen molar-refractivity contribution >= 4 is 7.82 Å². The Morgan fingerprint density at radius 2 is 1.03 bits per heavy atom. The summed E-state index contributed by atoms with van der Waals surface area (Å²) in [4.78, 5) is 17.3. The van der Waals surface area contributed by atoms with E-state index in [2.05, 4.69) is 32.2 Å². The lowest BCUT2D eigenvalue weighted by molar-refractivity contribution is 0.119. The maximum Gasteiger partial charge on any atom is 0.469 e. The molecule has 182 valence electrons. The van der Waals surface area contributed by atoms with Crippen LogP contribution in [-0.4, -0.2) is 41.3 Å². The minimum absolute atomic E-state index is 0.120. The highest BCUT2D eigenvalue weighted by Crippen LogP contribution is 2.36. The molecule has 0 unspecified atom stereocenters. The molecule has 0 aromatic heterocycles. The largest absolute Gasteiger partial charge is 0.469 e. The van der Waals surface area contributed by atoms with Gasteiger partial charge in [-0.1, -0.05) is 59.8 Å². The molecule has 0 aliphatic carbocycles. The molecule has 7 heteroatoms. The molecule has 0 radical (unpaired) electrons. The van der Waals surface area contributed by atoms with Crippen molar-refractivity contribution in [2.75, 3.05) is 26.4 Å². The van der Waals surface area contributed by atoms with E-state index in [0.717, 1.165) is 64.6 Å². The van der Waals surface area contributed by atoms with E-state index in [-0.39, 0.29) is 12.0 Å². The Bertz CT molecular complexity index is 447. The van der Waals surface area contributed by atoms with Crippen LogP contribution in [0.25, 0.3) is 0 Å². The van der Waals surface area contributed by atoms with Crippen molar-refractivity contribution in [1.29, 1.82) is 0 Å². The molecule has 0 saturated heterocycles. The van der Waals surface area contributed by atoms with Crippen LogP contribution in [0, 0.1) is 10.8 Å². The Balaban J connectivity index is 3.55. The molecule has 6 nitrogen and oxygen atoms in total. The normalized spacial score (nSPS) is 13.2. The third kappa shape index (κ3) is 21.3. The van der Waals surface area contributed by atoms with Gasteiger partial charge in [-0.25, -0.2) is 4.57 Å². The summed E-state index contributed by atoms with van der Waals surface area (Å²) in [6.07, 6.45) is 14.1. The maximum atomic E-state index is 10.6. The van der Waals surface area contributed by atoms with E-state index < -0.39 is 7.82 Å². The minimum Gasteiger partial charge on any atom is -0.396 e. The second kappa shape index (κ2) is 16.6. The number of phosphoric acid groups is 1. The van der Waals surface area contributed by atoms with Gasteiger partial charge in [-0.3, -0.25) is 4.52 Å². The lowest BCUT2D eigenvalue weighted by atomic mass is 9.82. The third-order valence-electron chi connectivity index (χ3n) is 5.80. The van der Waals surface area contributed by atoms with Gasteiger partial charge < -0.3 is 19.6 Å². The van der Waals surface area contributed by atoms with E-state index in [1.54, 1.807) is 0 Å². The average molecular weight is 453 g/mol. The summed E-state index contributed by atoms with van der Waals surface area (Å²) in [5, 5.41) is 8.85. The fourth-order valence-corrected chi connectivity index (χ4v) is 4.12. The molecule has 0 aromatic rings. The van der Waals surface area contributed by atoms with Crippen molar-refractivity contribution < 1.29 is 28.7 Å². The number of rotatable bonds is 21. The van der Waals surface area contributed by atoms with Crippen LogP contribution in [0.1, 0.15) is 111 Å². The summed E-state index contributed by atoms with van der Waals surface area (Å²) >= 11 is 0. The van der Waals surface area contributed by atoms with Gasteiger partial charge in [0.1, 0.15) is 0 Å². The average Bonchev–Trinajstić information content (AvgIpc) is 2.62. The second-order valence-corrected chi connectivity index (χ2v) is 11.4. The van der Waals surface area contributed by atoms with Crippen molar-refractivity contribution in [3.63, 3.8) is 0 Å². The molecule has 0 aliphatic heterocycles. The zero-order valence-electron chi connectivity index (χ0n) is 20.0. The first-order chi connectivity index (χ1) is 14.0. The van der Waals surface area contributed by atoms with Gasteiger partial charge in [0.2, 0.25) is 0 Å². The first-order valence-corrected chi connectivity index (χ1v) is 13.4. The molecule has 3 N–H and O–H groups in total. The molecule has 0 bridgehead atoms. The van der Waals surface area contributed by atoms with Gasteiger partial charge >= 0.3 is 7.82 Å². The first-order valence-electron chi connectivity index (χ1n) is 11.9. The summed E-state index contributed by atoms with van der Waals surface area (Å²) < 4.78 is 20.9. The van der Waals surface area contributed by atoms with Crippen molar-refractivity contribution in [3.8, 4) is 0 Å². The summed E-state index contributed by atoms with van der Waals surface area (Å²) in [6, 6.07) is 0. The van der Waals surface area contributed by atoms with Crippen molar-refractivity contribution in [1.82, 2.24) is 0 Å². The summed E-state index contributed by atoms with van der Waals surface area (Å²) in [6.45, 7) is 11.3. The van der Waals surface area contributed by atoms with E-state index >= 15 is 0 Å². The lowest BCUT2D eigenvalue weighted by Gasteiger charge is -2.25. The van der Waals surface area contributed by atoms with Crippen LogP contribution < -0.4 is 0 Å². The van der Waals surface area contributed by atoms with Gasteiger partial charge in [-0.05, 0) is 62.2 Å². The Kier molecular flexibility index (Phi) is 16.7. The fraction of sp³-hybridized carbons (Fsp3) is 1.00. The monoisotopic (exact) mass is 452 g/mol. The molecular formula is C23H49O6P. The summed E-state index contributed by atoms with van der Waals surface area (Å²) in [5.74, 6) is 0. The van der Waals surface area contributed by atoms with Gasteiger partial charge in [-0.2, -0.15) is 0 Å². The van der Waals surface area contributed by atoms with E-state index in [1.165, 1.54) is 25.7 Å². The van der Waals surface area contributed by atoms with Crippen molar-refractivity contribution in [2.45, 2.75) is 111 Å². The Morgan fingerprint density at radius 3 is 1.43 bits per heavy atom. The topological polar surface area (TPSA) is 96.2 Å². The molecule has 0 heterocycles.